The average Bonchev–Trinajstić information content (AvgIpc) is 2.47. The number of methoxy groups -OCH3 is 2. The van der Waals surface area contributed by atoms with Crippen LogP contribution in [-0.2, 0) is 5.41 Å². The molecule has 0 amide bonds. The predicted octanol–water partition coefficient (Wildman–Crippen LogP) is 4.56. The van der Waals surface area contributed by atoms with Gasteiger partial charge < -0.3 is 9.47 Å². The lowest BCUT2D eigenvalue weighted by Crippen LogP contribution is -2.31. The average molecular weight is 289 g/mol. The van der Waals surface area contributed by atoms with E-state index in [0.717, 1.165) is 18.4 Å². The van der Waals surface area contributed by atoms with E-state index < -0.39 is 5.41 Å². The fraction of sp³-hybridized carbons (Fsp3) is 0.611. The maximum Gasteiger partial charge on any atom is 0.161 e. The van der Waals surface area contributed by atoms with Gasteiger partial charge in [0.2, 0.25) is 0 Å². The van der Waals surface area contributed by atoms with Gasteiger partial charge in [-0.2, -0.15) is 5.26 Å². The minimum absolute atomic E-state index is 0.236. The lowest BCUT2D eigenvalue weighted by Gasteiger charge is -2.32. The third kappa shape index (κ3) is 3.69. The van der Waals surface area contributed by atoms with Gasteiger partial charge in [0.25, 0.3) is 0 Å². The SMILES string of the molecule is COc1ccc(C(C#N)(CCC(C)C)C(C)C)cc1OC. The van der Waals surface area contributed by atoms with E-state index in [0.29, 0.717) is 17.4 Å². The van der Waals surface area contributed by atoms with Crippen LogP contribution in [0.4, 0.5) is 0 Å². The second-order valence-electron chi connectivity index (χ2n) is 6.24. The highest BCUT2D eigenvalue weighted by Crippen LogP contribution is 2.41. The van der Waals surface area contributed by atoms with Gasteiger partial charge >= 0.3 is 0 Å². The van der Waals surface area contributed by atoms with Gasteiger partial charge in [-0.15, -0.1) is 0 Å². The molecule has 0 aliphatic heterocycles. The fourth-order valence-corrected chi connectivity index (χ4v) is 2.65. The van der Waals surface area contributed by atoms with E-state index in [1.807, 2.05) is 18.2 Å². The molecule has 1 unspecified atom stereocenters. The first-order chi connectivity index (χ1) is 9.91. The van der Waals surface area contributed by atoms with Crippen LogP contribution in [0.5, 0.6) is 11.5 Å². The summed E-state index contributed by atoms with van der Waals surface area (Å²) in [4.78, 5) is 0. The van der Waals surface area contributed by atoms with E-state index in [1.165, 1.54) is 0 Å². The van der Waals surface area contributed by atoms with Crippen molar-refractivity contribution in [2.45, 2.75) is 46.0 Å². The van der Waals surface area contributed by atoms with Crippen LogP contribution in [0.15, 0.2) is 18.2 Å². The molecule has 1 rings (SSSR count). The van der Waals surface area contributed by atoms with Crippen molar-refractivity contribution in [2.75, 3.05) is 14.2 Å². The number of nitrogens with zero attached hydrogens (tertiary/aromatic N) is 1. The number of hydrogen-bond acceptors (Lipinski definition) is 3. The summed E-state index contributed by atoms with van der Waals surface area (Å²) in [5, 5.41) is 9.88. The molecule has 0 bridgehead atoms. The van der Waals surface area contributed by atoms with Crippen LogP contribution in [0.1, 0.15) is 46.1 Å². The highest BCUT2D eigenvalue weighted by molar-refractivity contribution is 5.47. The summed E-state index contributed by atoms with van der Waals surface area (Å²) in [5.74, 6) is 2.19. The molecule has 3 heteroatoms. The number of benzene rings is 1. The molecule has 0 saturated carbocycles. The number of ether oxygens (including phenoxy) is 2. The Kier molecular flexibility index (Phi) is 6.08. The molecule has 0 spiro atoms. The van der Waals surface area contributed by atoms with Crippen LogP contribution in [0.3, 0.4) is 0 Å². The molecule has 0 aliphatic carbocycles. The first-order valence-electron chi connectivity index (χ1n) is 7.55. The number of hydrogen-bond donors (Lipinski definition) is 0. The van der Waals surface area contributed by atoms with E-state index in [4.69, 9.17) is 9.47 Å². The minimum atomic E-state index is -0.482. The second kappa shape index (κ2) is 7.36. The molecule has 21 heavy (non-hydrogen) atoms. The molecule has 0 aromatic heterocycles. The lowest BCUT2D eigenvalue weighted by molar-refractivity contribution is 0.330. The van der Waals surface area contributed by atoms with Crippen molar-refractivity contribution >= 4 is 0 Å². The standard InChI is InChI=1S/C18H27NO2/c1-13(2)9-10-18(12-19,14(3)4)15-7-8-16(20-5)17(11-15)21-6/h7-8,11,13-14H,9-10H2,1-6H3. The topological polar surface area (TPSA) is 42.2 Å². The van der Waals surface area contributed by atoms with Gasteiger partial charge in [0.15, 0.2) is 11.5 Å². The maximum atomic E-state index is 9.88. The van der Waals surface area contributed by atoms with Gasteiger partial charge in [-0.25, -0.2) is 0 Å². The zero-order chi connectivity index (χ0) is 16.0. The zero-order valence-electron chi connectivity index (χ0n) is 14.1. The summed E-state index contributed by atoms with van der Waals surface area (Å²) in [6.45, 7) is 8.61. The summed E-state index contributed by atoms with van der Waals surface area (Å²) in [5.41, 5.74) is 0.530. The highest BCUT2D eigenvalue weighted by Gasteiger charge is 2.36. The van der Waals surface area contributed by atoms with Crippen molar-refractivity contribution in [1.29, 1.82) is 5.26 Å². The molecule has 1 aromatic carbocycles. The van der Waals surface area contributed by atoms with E-state index in [2.05, 4.69) is 33.8 Å². The summed E-state index contributed by atoms with van der Waals surface area (Å²) >= 11 is 0. The fourth-order valence-electron chi connectivity index (χ4n) is 2.65. The molecule has 0 heterocycles. The molecular formula is C18H27NO2. The molecule has 0 N–H and O–H groups in total. The van der Waals surface area contributed by atoms with E-state index in [1.54, 1.807) is 14.2 Å². The summed E-state index contributed by atoms with van der Waals surface area (Å²) in [6.07, 6.45) is 1.88. The van der Waals surface area contributed by atoms with Gasteiger partial charge in [0.05, 0.1) is 25.7 Å². The second-order valence-corrected chi connectivity index (χ2v) is 6.24. The van der Waals surface area contributed by atoms with Crippen LogP contribution >= 0.6 is 0 Å². The van der Waals surface area contributed by atoms with Gasteiger partial charge in [-0.1, -0.05) is 33.8 Å². The molecule has 1 atom stereocenters. The Hall–Kier alpha value is -1.69. The van der Waals surface area contributed by atoms with Crippen molar-refractivity contribution in [3.05, 3.63) is 23.8 Å². The van der Waals surface area contributed by atoms with Crippen LogP contribution in [0.25, 0.3) is 0 Å². The molecule has 3 nitrogen and oxygen atoms in total. The molecular weight excluding hydrogens is 262 g/mol. The first-order valence-corrected chi connectivity index (χ1v) is 7.55. The van der Waals surface area contributed by atoms with Crippen molar-refractivity contribution in [2.24, 2.45) is 11.8 Å². The summed E-state index contributed by atoms with van der Waals surface area (Å²) in [7, 11) is 3.25. The molecule has 116 valence electrons. The van der Waals surface area contributed by atoms with E-state index in [9.17, 15) is 5.26 Å². The maximum absolute atomic E-state index is 9.88. The third-order valence-electron chi connectivity index (χ3n) is 4.20. The minimum Gasteiger partial charge on any atom is -0.493 e. The highest BCUT2D eigenvalue weighted by atomic mass is 16.5. The Morgan fingerprint density at radius 2 is 1.71 bits per heavy atom. The molecule has 0 aliphatic rings. The summed E-state index contributed by atoms with van der Waals surface area (Å²) < 4.78 is 10.7. The Bertz CT molecular complexity index is 502. The van der Waals surface area contributed by atoms with Gasteiger partial charge in [-0.05, 0) is 42.4 Å². The van der Waals surface area contributed by atoms with Gasteiger partial charge in [0, 0.05) is 0 Å². The Morgan fingerprint density at radius 3 is 2.14 bits per heavy atom. The Morgan fingerprint density at radius 1 is 1.10 bits per heavy atom. The molecule has 0 fully saturated rings. The van der Waals surface area contributed by atoms with Crippen LogP contribution in [0, 0.1) is 23.2 Å². The van der Waals surface area contributed by atoms with Crippen LogP contribution in [-0.4, -0.2) is 14.2 Å². The van der Waals surface area contributed by atoms with Gasteiger partial charge in [0.1, 0.15) is 0 Å². The molecule has 0 radical (unpaired) electrons. The van der Waals surface area contributed by atoms with Crippen molar-refractivity contribution in [3.63, 3.8) is 0 Å². The third-order valence-corrected chi connectivity index (χ3v) is 4.20. The predicted molar refractivity (Wildman–Crippen MR) is 85.7 cm³/mol. The van der Waals surface area contributed by atoms with Gasteiger partial charge in [-0.3, -0.25) is 0 Å². The Balaban J connectivity index is 3.29. The van der Waals surface area contributed by atoms with Crippen molar-refractivity contribution in [1.82, 2.24) is 0 Å². The number of nitriles is 1. The Labute approximate surface area is 128 Å². The number of rotatable bonds is 7. The van der Waals surface area contributed by atoms with Crippen molar-refractivity contribution < 1.29 is 9.47 Å². The van der Waals surface area contributed by atoms with Crippen molar-refractivity contribution in [3.8, 4) is 17.6 Å². The van der Waals surface area contributed by atoms with E-state index >= 15 is 0 Å². The smallest absolute Gasteiger partial charge is 0.161 e. The zero-order valence-corrected chi connectivity index (χ0v) is 14.1. The first kappa shape index (κ1) is 17.4. The molecule has 1 aromatic rings. The summed E-state index contributed by atoms with van der Waals surface area (Å²) in [6, 6.07) is 8.40. The van der Waals surface area contributed by atoms with E-state index in [-0.39, 0.29) is 5.92 Å². The van der Waals surface area contributed by atoms with Crippen LogP contribution in [0.2, 0.25) is 0 Å². The molecule has 0 saturated heterocycles. The largest absolute Gasteiger partial charge is 0.493 e. The van der Waals surface area contributed by atoms with Crippen LogP contribution < -0.4 is 9.47 Å². The lowest BCUT2D eigenvalue weighted by atomic mass is 9.69. The normalized spacial score (nSPS) is 13.9. The monoisotopic (exact) mass is 289 g/mol. The quantitative estimate of drug-likeness (QED) is 0.739.